The molecular weight excluding hydrogens is 286 g/mol. The average Bonchev–Trinajstić information content (AvgIpc) is 2.97. The Balaban J connectivity index is 2.01. The molecule has 0 spiro atoms. The molecule has 2 aromatic rings. The van der Waals surface area contributed by atoms with Crippen LogP contribution in [-0.2, 0) is 13.0 Å². The smallest absolute Gasteiger partial charge is 0.211 e. The number of fused-ring (bicyclic) bond motifs is 1. The van der Waals surface area contributed by atoms with Crippen LogP contribution in [-0.4, -0.2) is 16.2 Å². The van der Waals surface area contributed by atoms with Gasteiger partial charge in [-0.15, -0.1) is 5.10 Å². The number of nitrogens with zero attached hydrogens (tertiary/aromatic N) is 3. The highest BCUT2D eigenvalue weighted by Gasteiger charge is 2.27. The summed E-state index contributed by atoms with van der Waals surface area (Å²) in [6.45, 7) is 3.21. The number of guanidine groups is 1. The summed E-state index contributed by atoms with van der Waals surface area (Å²) in [4.78, 5) is 0. The number of hydrogen-bond acceptors (Lipinski definition) is 2. The summed E-state index contributed by atoms with van der Waals surface area (Å²) >= 11 is 0. The normalized spacial score (nSPS) is 18.7. The van der Waals surface area contributed by atoms with Gasteiger partial charge in [0.15, 0.2) is 0 Å². The van der Waals surface area contributed by atoms with Crippen molar-refractivity contribution in [1.82, 2.24) is 4.57 Å². The van der Waals surface area contributed by atoms with Crippen molar-refractivity contribution in [1.29, 1.82) is 0 Å². The standard InChI is InChI=1S/C18H23N5/c1-2-9-23-10-8-15-16(21-22-18(19)20)11-14(12-17(15)23)13-6-4-3-5-7-13/h3-8,10,14H,2,9,11-12H2,1H3,(H4,19,20,22). The predicted molar refractivity (Wildman–Crippen MR) is 94.6 cm³/mol. The van der Waals surface area contributed by atoms with Crippen LogP contribution < -0.4 is 11.5 Å². The summed E-state index contributed by atoms with van der Waals surface area (Å²) in [6.07, 6.45) is 5.13. The van der Waals surface area contributed by atoms with Crippen LogP contribution in [0.3, 0.4) is 0 Å². The highest BCUT2D eigenvalue weighted by Crippen LogP contribution is 2.34. The van der Waals surface area contributed by atoms with Gasteiger partial charge in [0.2, 0.25) is 5.96 Å². The molecule has 1 aromatic carbocycles. The highest BCUT2D eigenvalue weighted by atomic mass is 15.3. The Kier molecular flexibility index (Phi) is 4.46. The molecule has 120 valence electrons. The molecule has 0 amide bonds. The van der Waals surface area contributed by atoms with E-state index in [0.717, 1.165) is 31.5 Å². The van der Waals surface area contributed by atoms with E-state index in [1.807, 2.05) is 6.07 Å². The molecule has 23 heavy (non-hydrogen) atoms. The van der Waals surface area contributed by atoms with Crippen LogP contribution in [0.2, 0.25) is 0 Å². The summed E-state index contributed by atoms with van der Waals surface area (Å²) in [5.41, 5.74) is 15.7. The number of nitrogens with two attached hydrogens (primary N) is 2. The first-order valence-corrected chi connectivity index (χ1v) is 8.07. The van der Waals surface area contributed by atoms with Gasteiger partial charge >= 0.3 is 0 Å². The van der Waals surface area contributed by atoms with Crippen LogP contribution in [0.15, 0.2) is 52.8 Å². The molecule has 1 unspecified atom stereocenters. The van der Waals surface area contributed by atoms with Gasteiger partial charge in [0.1, 0.15) is 0 Å². The van der Waals surface area contributed by atoms with Crippen LogP contribution in [0, 0.1) is 0 Å². The summed E-state index contributed by atoms with van der Waals surface area (Å²) in [6, 6.07) is 12.7. The van der Waals surface area contributed by atoms with E-state index in [1.165, 1.54) is 16.8 Å². The van der Waals surface area contributed by atoms with Crippen LogP contribution in [0.1, 0.15) is 42.5 Å². The van der Waals surface area contributed by atoms with Crippen LogP contribution in [0.4, 0.5) is 0 Å². The topological polar surface area (TPSA) is 81.7 Å². The Morgan fingerprint density at radius 3 is 2.65 bits per heavy atom. The van der Waals surface area contributed by atoms with E-state index >= 15 is 0 Å². The minimum atomic E-state index is -0.00567. The zero-order chi connectivity index (χ0) is 16.2. The molecule has 3 rings (SSSR count). The first-order chi connectivity index (χ1) is 11.2. The molecule has 1 aromatic heterocycles. The molecule has 0 fully saturated rings. The third kappa shape index (κ3) is 3.28. The maximum absolute atomic E-state index is 5.44. The molecule has 4 N–H and O–H groups in total. The van der Waals surface area contributed by atoms with Gasteiger partial charge in [-0.05, 0) is 36.8 Å². The van der Waals surface area contributed by atoms with Crippen molar-refractivity contribution in [3.8, 4) is 0 Å². The Bertz CT molecular complexity index is 723. The maximum Gasteiger partial charge on any atom is 0.211 e. The molecule has 5 heteroatoms. The minimum Gasteiger partial charge on any atom is -0.369 e. The molecule has 1 aliphatic carbocycles. The lowest BCUT2D eigenvalue weighted by molar-refractivity contribution is 0.600. The molecule has 0 bridgehead atoms. The Morgan fingerprint density at radius 2 is 1.96 bits per heavy atom. The molecule has 0 saturated carbocycles. The maximum atomic E-state index is 5.44. The van der Waals surface area contributed by atoms with Crippen molar-refractivity contribution in [2.75, 3.05) is 0 Å². The van der Waals surface area contributed by atoms with Gasteiger partial charge in [-0.2, -0.15) is 5.10 Å². The fourth-order valence-electron chi connectivity index (χ4n) is 3.27. The van der Waals surface area contributed by atoms with Crippen molar-refractivity contribution in [3.05, 3.63) is 59.4 Å². The zero-order valence-corrected chi connectivity index (χ0v) is 13.4. The van der Waals surface area contributed by atoms with E-state index in [2.05, 4.69) is 58.2 Å². The highest BCUT2D eigenvalue weighted by molar-refractivity contribution is 6.03. The van der Waals surface area contributed by atoms with Gasteiger partial charge in [0.25, 0.3) is 0 Å². The third-order valence-electron chi connectivity index (χ3n) is 4.29. The van der Waals surface area contributed by atoms with Gasteiger partial charge < -0.3 is 16.0 Å². The summed E-state index contributed by atoms with van der Waals surface area (Å²) < 4.78 is 2.33. The SMILES string of the molecule is CCCn1ccc2c1CC(c1ccccc1)CC2=NN=C(N)N. The number of aryl methyl sites for hydroxylation is 1. The summed E-state index contributed by atoms with van der Waals surface area (Å²) in [5.74, 6) is 0.399. The number of hydrogen-bond donors (Lipinski definition) is 2. The van der Waals surface area contributed by atoms with Crippen molar-refractivity contribution < 1.29 is 0 Å². The second-order valence-electron chi connectivity index (χ2n) is 5.96. The monoisotopic (exact) mass is 309 g/mol. The van der Waals surface area contributed by atoms with E-state index < -0.39 is 0 Å². The van der Waals surface area contributed by atoms with E-state index in [1.54, 1.807) is 0 Å². The lowest BCUT2D eigenvalue weighted by Crippen LogP contribution is -2.23. The summed E-state index contributed by atoms with van der Waals surface area (Å²) in [7, 11) is 0. The summed E-state index contributed by atoms with van der Waals surface area (Å²) in [5, 5.41) is 8.20. The van der Waals surface area contributed by atoms with E-state index in [9.17, 15) is 0 Å². The first kappa shape index (κ1) is 15.3. The Morgan fingerprint density at radius 1 is 1.17 bits per heavy atom. The van der Waals surface area contributed by atoms with E-state index in [-0.39, 0.29) is 5.96 Å². The van der Waals surface area contributed by atoms with Gasteiger partial charge in [-0.3, -0.25) is 0 Å². The molecule has 1 aliphatic rings. The zero-order valence-electron chi connectivity index (χ0n) is 13.4. The second kappa shape index (κ2) is 6.69. The van der Waals surface area contributed by atoms with Crippen molar-refractivity contribution in [2.24, 2.45) is 21.7 Å². The average molecular weight is 309 g/mol. The molecule has 0 saturated heterocycles. The molecule has 1 heterocycles. The van der Waals surface area contributed by atoms with Gasteiger partial charge in [-0.25, -0.2) is 0 Å². The molecule has 0 aliphatic heterocycles. The number of rotatable bonds is 4. The van der Waals surface area contributed by atoms with E-state index in [4.69, 9.17) is 11.5 Å². The molecule has 5 nitrogen and oxygen atoms in total. The fraction of sp³-hybridized carbons (Fsp3) is 0.333. The quantitative estimate of drug-likeness (QED) is 0.517. The second-order valence-corrected chi connectivity index (χ2v) is 5.96. The number of benzene rings is 1. The van der Waals surface area contributed by atoms with Gasteiger partial charge in [-0.1, -0.05) is 37.3 Å². The van der Waals surface area contributed by atoms with Crippen molar-refractivity contribution in [3.63, 3.8) is 0 Å². The molecule has 0 radical (unpaired) electrons. The lowest BCUT2D eigenvalue weighted by Gasteiger charge is -2.25. The predicted octanol–water partition coefficient (Wildman–Crippen LogP) is 2.61. The Hall–Kier alpha value is -2.56. The third-order valence-corrected chi connectivity index (χ3v) is 4.29. The van der Waals surface area contributed by atoms with Crippen molar-refractivity contribution in [2.45, 2.75) is 38.6 Å². The van der Waals surface area contributed by atoms with Gasteiger partial charge in [0, 0.05) is 24.0 Å². The molecular formula is C18H23N5. The first-order valence-electron chi connectivity index (χ1n) is 8.07. The van der Waals surface area contributed by atoms with Crippen LogP contribution >= 0.6 is 0 Å². The van der Waals surface area contributed by atoms with Gasteiger partial charge in [0.05, 0.1) is 5.71 Å². The van der Waals surface area contributed by atoms with E-state index in [0.29, 0.717) is 5.92 Å². The Labute approximate surface area is 136 Å². The fourth-order valence-corrected chi connectivity index (χ4v) is 3.27. The van der Waals surface area contributed by atoms with Crippen molar-refractivity contribution >= 4 is 11.7 Å². The minimum absolute atomic E-state index is 0.00567. The number of aromatic nitrogens is 1. The largest absolute Gasteiger partial charge is 0.369 e. The lowest BCUT2D eigenvalue weighted by atomic mass is 9.82. The van der Waals surface area contributed by atoms with Crippen LogP contribution in [0.5, 0.6) is 0 Å². The van der Waals surface area contributed by atoms with Crippen LogP contribution in [0.25, 0.3) is 0 Å². The molecule has 1 atom stereocenters.